The molecule has 1 aromatic rings. The molecule has 0 spiro atoms. The zero-order valence-electron chi connectivity index (χ0n) is 12.5. The second-order valence-corrected chi connectivity index (χ2v) is 5.65. The Morgan fingerprint density at radius 1 is 1.24 bits per heavy atom. The van der Waals surface area contributed by atoms with Crippen LogP contribution in [0.1, 0.15) is 54.9 Å². The minimum absolute atomic E-state index is 0.226. The molecular formula is C17H23NO3. The standard InChI is InChI=1S/C17H23NO3/c1-2-15-5-3-4-12-18(15)16(19)11-8-13-6-9-14(10-7-13)17(20)21/h6-7,9-10,15H,2-5,8,11-12H2,1H3,(H,20,21). The first-order valence-electron chi connectivity index (χ1n) is 7.73. The minimum Gasteiger partial charge on any atom is -0.478 e. The molecular weight excluding hydrogens is 266 g/mol. The third kappa shape index (κ3) is 4.06. The van der Waals surface area contributed by atoms with Gasteiger partial charge in [0.2, 0.25) is 5.91 Å². The van der Waals surface area contributed by atoms with Crippen LogP contribution in [0.4, 0.5) is 0 Å². The van der Waals surface area contributed by atoms with E-state index in [-0.39, 0.29) is 11.5 Å². The van der Waals surface area contributed by atoms with Crippen molar-refractivity contribution < 1.29 is 14.7 Å². The van der Waals surface area contributed by atoms with Gasteiger partial charge in [-0.3, -0.25) is 4.79 Å². The lowest BCUT2D eigenvalue weighted by Gasteiger charge is -2.35. The van der Waals surface area contributed by atoms with E-state index in [2.05, 4.69) is 6.92 Å². The number of carbonyl (C=O) groups excluding carboxylic acids is 1. The molecule has 1 atom stereocenters. The highest BCUT2D eigenvalue weighted by Gasteiger charge is 2.24. The van der Waals surface area contributed by atoms with E-state index in [1.807, 2.05) is 4.90 Å². The summed E-state index contributed by atoms with van der Waals surface area (Å²) < 4.78 is 0. The molecule has 1 aliphatic heterocycles. The molecule has 1 saturated heterocycles. The fraction of sp³-hybridized carbons (Fsp3) is 0.529. The molecule has 2 rings (SSSR count). The van der Waals surface area contributed by atoms with Crippen molar-refractivity contribution >= 4 is 11.9 Å². The largest absolute Gasteiger partial charge is 0.478 e. The molecule has 21 heavy (non-hydrogen) atoms. The SMILES string of the molecule is CCC1CCCCN1C(=O)CCc1ccc(C(=O)O)cc1. The van der Waals surface area contributed by atoms with Crippen molar-refractivity contribution in [1.82, 2.24) is 4.90 Å². The van der Waals surface area contributed by atoms with E-state index in [0.29, 0.717) is 18.9 Å². The number of rotatable bonds is 5. The number of aromatic carboxylic acids is 1. The Hall–Kier alpha value is -1.84. The van der Waals surface area contributed by atoms with E-state index in [1.165, 1.54) is 6.42 Å². The Bertz CT molecular complexity index is 495. The summed E-state index contributed by atoms with van der Waals surface area (Å²) in [6.45, 7) is 3.02. The average Bonchev–Trinajstić information content (AvgIpc) is 2.52. The van der Waals surface area contributed by atoms with E-state index in [1.54, 1.807) is 24.3 Å². The summed E-state index contributed by atoms with van der Waals surface area (Å²) in [5, 5.41) is 8.86. The summed E-state index contributed by atoms with van der Waals surface area (Å²) in [6, 6.07) is 7.19. The van der Waals surface area contributed by atoms with Gasteiger partial charge in [0, 0.05) is 19.0 Å². The molecule has 0 aromatic heterocycles. The average molecular weight is 289 g/mol. The Kier molecular flexibility index (Phi) is 5.37. The summed E-state index contributed by atoms with van der Waals surface area (Å²) in [5.41, 5.74) is 1.30. The smallest absolute Gasteiger partial charge is 0.335 e. The molecule has 4 nitrogen and oxygen atoms in total. The van der Waals surface area contributed by atoms with Crippen LogP contribution in [0.15, 0.2) is 24.3 Å². The number of benzene rings is 1. The number of carboxylic acids is 1. The predicted molar refractivity (Wildman–Crippen MR) is 81.4 cm³/mol. The van der Waals surface area contributed by atoms with Gasteiger partial charge >= 0.3 is 5.97 Å². The summed E-state index contributed by atoms with van der Waals surface area (Å²) in [6.07, 6.45) is 5.65. The summed E-state index contributed by atoms with van der Waals surface area (Å²) in [4.78, 5) is 25.2. The van der Waals surface area contributed by atoms with Crippen molar-refractivity contribution in [2.24, 2.45) is 0 Å². The maximum atomic E-state index is 12.3. The van der Waals surface area contributed by atoms with Crippen molar-refractivity contribution in [2.75, 3.05) is 6.54 Å². The van der Waals surface area contributed by atoms with Gasteiger partial charge in [-0.05, 0) is 49.8 Å². The Morgan fingerprint density at radius 2 is 1.95 bits per heavy atom. The lowest BCUT2D eigenvalue weighted by atomic mass is 9.99. The Labute approximate surface area is 125 Å². The van der Waals surface area contributed by atoms with Gasteiger partial charge < -0.3 is 10.0 Å². The van der Waals surface area contributed by atoms with Gasteiger partial charge in [-0.1, -0.05) is 19.1 Å². The van der Waals surface area contributed by atoms with Crippen LogP contribution in [-0.4, -0.2) is 34.5 Å². The molecule has 114 valence electrons. The van der Waals surface area contributed by atoms with Gasteiger partial charge in [-0.2, -0.15) is 0 Å². The van der Waals surface area contributed by atoms with Crippen LogP contribution in [0.5, 0.6) is 0 Å². The van der Waals surface area contributed by atoms with Crippen molar-refractivity contribution in [3.05, 3.63) is 35.4 Å². The maximum Gasteiger partial charge on any atom is 0.335 e. The minimum atomic E-state index is -0.920. The van der Waals surface area contributed by atoms with E-state index in [9.17, 15) is 9.59 Å². The molecule has 0 radical (unpaired) electrons. The third-order valence-corrected chi connectivity index (χ3v) is 4.25. The monoisotopic (exact) mass is 289 g/mol. The number of hydrogen-bond acceptors (Lipinski definition) is 2. The van der Waals surface area contributed by atoms with Crippen LogP contribution in [0.25, 0.3) is 0 Å². The molecule has 0 saturated carbocycles. The molecule has 1 fully saturated rings. The van der Waals surface area contributed by atoms with Crippen LogP contribution in [0.3, 0.4) is 0 Å². The summed E-state index contributed by atoms with van der Waals surface area (Å²) in [7, 11) is 0. The lowest BCUT2D eigenvalue weighted by molar-refractivity contribution is -0.134. The first kappa shape index (κ1) is 15.5. The Morgan fingerprint density at radius 3 is 2.57 bits per heavy atom. The molecule has 1 amide bonds. The number of carboxylic acid groups (broad SMARTS) is 1. The topological polar surface area (TPSA) is 57.6 Å². The molecule has 0 aliphatic carbocycles. The highest BCUT2D eigenvalue weighted by atomic mass is 16.4. The van der Waals surface area contributed by atoms with Gasteiger partial charge in [-0.25, -0.2) is 4.79 Å². The predicted octanol–water partition coefficient (Wildman–Crippen LogP) is 3.11. The van der Waals surface area contributed by atoms with E-state index < -0.39 is 5.97 Å². The van der Waals surface area contributed by atoms with Gasteiger partial charge in [0.1, 0.15) is 0 Å². The zero-order valence-corrected chi connectivity index (χ0v) is 12.5. The summed E-state index contributed by atoms with van der Waals surface area (Å²) >= 11 is 0. The highest BCUT2D eigenvalue weighted by Crippen LogP contribution is 2.20. The summed E-state index contributed by atoms with van der Waals surface area (Å²) in [5.74, 6) is -0.694. The van der Waals surface area contributed by atoms with E-state index >= 15 is 0 Å². The zero-order chi connectivity index (χ0) is 15.2. The first-order chi connectivity index (χ1) is 10.1. The number of aryl methyl sites for hydroxylation is 1. The van der Waals surface area contributed by atoms with Crippen molar-refractivity contribution in [3.63, 3.8) is 0 Å². The fourth-order valence-corrected chi connectivity index (χ4v) is 2.96. The third-order valence-electron chi connectivity index (χ3n) is 4.25. The number of amides is 1. The van der Waals surface area contributed by atoms with E-state index in [4.69, 9.17) is 5.11 Å². The van der Waals surface area contributed by atoms with E-state index in [0.717, 1.165) is 31.4 Å². The normalized spacial score (nSPS) is 18.5. The molecule has 1 aliphatic rings. The van der Waals surface area contributed by atoms with Crippen molar-refractivity contribution in [3.8, 4) is 0 Å². The second-order valence-electron chi connectivity index (χ2n) is 5.65. The number of carbonyl (C=O) groups is 2. The van der Waals surface area contributed by atoms with Crippen LogP contribution in [-0.2, 0) is 11.2 Å². The second kappa shape index (κ2) is 7.25. The first-order valence-corrected chi connectivity index (χ1v) is 7.73. The molecule has 0 bridgehead atoms. The van der Waals surface area contributed by atoms with Crippen LogP contribution in [0, 0.1) is 0 Å². The van der Waals surface area contributed by atoms with Crippen LogP contribution in [0.2, 0.25) is 0 Å². The molecule has 4 heteroatoms. The molecule has 1 heterocycles. The quantitative estimate of drug-likeness (QED) is 0.906. The van der Waals surface area contributed by atoms with Crippen LogP contribution >= 0.6 is 0 Å². The number of hydrogen-bond donors (Lipinski definition) is 1. The van der Waals surface area contributed by atoms with Gasteiger partial charge in [0.15, 0.2) is 0 Å². The number of nitrogens with zero attached hydrogens (tertiary/aromatic N) is 1. The highest BCUT2D eigenvalue weighted by molar-refractivity contribution is 5.87. The molecule has 1 N–H and O–H groups in total. The van der Waals surface area contributed by atoms with Gasteiger partial charge in [0.25, 0.3) is 0 Å². The number of piperidine rings is 1. The number of likely N-dealkylation sites (tertiary alicyclic amines) is 1. The fourth-order valence-electron chi connectivity index (χ4n) is 2.96. The van der Waals surface area contributed by atoms with Gasteiger partial charge in [-0.15, -0.1) is 0 Å². The van der Waals surface area contributed by atoms with Crippen molar-refractivity contribution in [1.29, 1.82) is 0 Å². The molecule has 1 unspecified atom stereocenters. The lowest BCUT2D eigenvalue weighted by Crippen LogP contribution is -2.43. The maximum absolute atomic E-state index is 12.3. The van der Waals surface area contributed by atoms with Crippen molar-refractivity contribution in [2.45, 2.75) is 51.5 Å². The van der Waals surface area contributed by atoms with Gasteiger partial charge in [0.05, 0.1) is 5.56 Å². The Balaban J connectivity index is 1.89. The van der Waals surface area contributed by atoms with Crippen LogP contribution < -0.4 is 0 Å². The molecule has 1 aromatic carbocycles.